The maximum Gasteiger partial charge on any atom is 0.352 e. The van der Waals surface area contributed by atoms with Gasteiger partial charge in [0.15, 0.2) is 5.57 Å². The Morgan fingerprint density at radius 1 is 1.47 bits per heavy atom. The Balaban J connectivity index is 2.98. The molecule has 3 N–H and O–H groups in total. The van der Waals surface area contributed by atoms with E-state index in [2.05, 4.69) is 5.32 Å². The van der Waals surface area contributed by atoms with Crippen molar-refractivity contribution < 1.29 is 9.53 Å². The summed E-state index contributed by atoms with van der Waals surface area (Å²) in [7, 11) is 0. The van der Waals surface area contributed by atoms with Gasteiger partial charge in [-0.25, -0.2) is 4.79 Å². The third-order valence-corrected chi connectivity index (χ3v) is 2.80. The fraction of sp³-hybridized carbons (Fsp3) is 0.167. The van der Waals surface area contributed by atoms with Gasteiger partial charge >= 0.3 is 5.97 Å². The van der Waals surface area contributed by atoms with Gasteiger partial charge in [-0.3, -0.25) is 0 Å². The summed E-state index contributed by atoms with van der Waals surface area (Å²) in [5.41, 5.74) is 5.85. The number of benzene rings is 1. The fourth-order valence-corrected chi connectivity index (χ4v) is 1.51. The van der Waals surface area contributed by atoms with Crippen LogP contribution < -0.4 is 11.1 Å². The number of carbonyl (C=O) groups is 1. The summed E-state index contributed by atoms with van der Waals surface area (Å²) in [4.78, 5) is 11.5. The number of esters is 1. The highest BCUT2D eigenvalue weighted by molar-refractivity contribution is 6.42. The summed E-state index contributed by atoms with van der Waals surface area (Å²) in [5.74, 6) is -0.894. The third kappa shape index (κ3) is 4.05. The predicted octanol–water partition coefficient (Wildman–Crippen LogP) is 2.66. The predicted molar refractivity (Wildman–Crippen MR) is 73.5 cm³/mol. The van der Waals surface area contributed by atoms with Crippen LogP contribution in [0.4, 0.5) is 5.69 Å². The summed E-state index contributed by atoms with van der Waals surface area (Å²) in [6, 6.07) is 6.39. The van der Waals surface area contributed by atoms with Gasteiger partial charge in [0, 0.05) is 5.69 Å². The van der Waals surface area contributed by atoms with Crippen molar-refractivity contribution in [2.45, 2.75) is 6.92 Å². The molecule has 0 spiro atoms. The lowest BCUT2D eigenvalue weighted by Gasteiger charge is -2.09. The lowest BCUT2D eigenvalue weighted by atomic mass is 10.2. The van der Waals surface area contributed by atoms with Crippen LogP contribution in [-0.4, -0.2) is 12.6 Å². The van der Waals surface area contributed by atoms with E-state index in [0.29, 0.717) is 15.7 Å². The second-order valence-electron chi connectivity index (χ2n) is 3.37. The number of nitriles is 1. The number of halogens is 2. The van der Waals surface area contributed by atoms with Crippen LogP contribution in [-0.2, 0) is 9.53 Å². The van der Waals surface area contributed by atoms with E-state index < -0.39 is 5.97 Å². The van der Waals surface area contributed by atoms with Crippen molar-refractivity contribution in [2.24, 2.45) is 5.73 Å². The molecule has 0 amide bonds. The Morgan fingerprint density at radius 3 is 2.68 bits per heavy atom. The first-order chi connectivity index (χ1) is 8.99. The van der Waals surface area contributed by atoms with Crippen LogP contribution in [0, 0.1) is 11.3 Å². The van der Waals surface area contributed by atoms with Crippen LogP contribution in [0.1, 0.15) is 6.92 Å². The van der Waals surface area contributed by atoms with Crippen LogP contribution in [0.25, 0.3) is 0 Å². The van der Waals surface area contributed by atoms with Gasteiger partial charge in [-0.15, -0.1) is 0 Å². The molecular weight excluding hydrogens is 289 g/mol. The zero-order valence-corrected chi connectivity index (χ0v) is 11.5. The maximum atomic E-state index is 11.5. The van der Waals surface area contributed by atoms with E-state index in [1.165, 1.54) is 6.07 Å². The van der Waals surface area contributed by atoms with Crippen molar-refractivity contribution in [2.75, 3.05) is 11.9 Å². The summed E-state index contributed by atoms with van der Waals surface area (Å²) in [6.45, 7) is 1.79. The molecule has 0 bridgehead atoms. The topological polar surface area (TPSA) is 88.1 Å². The molecule has 0 saturated carbocycles. The Bertz CT molecular complexity index is 565. The van der Waals surface area contributed by atoms with E-state index in [1.807, 2.05) is 0 Å². The summed E-state index contributed by atoms with van der Waals surface area (Å²) < 4.78 is 4.71. The Hall–Kier alpha value is -1.90. The molecule has 0 atom stereocenters. The highest BCUT2D eigenvalue weighted by Gasteiger charge is 2.15. The molecule has 0 unspecified atom stereocenters. The second kappa shape index (κ2) is 6.88. The molecule has 0 fully saturated rings. The summed E-state index contributed by atoms with van der Waals surface area (Å²) >= 11 is 11.6. The quantitative estimate of drug-likeness (QED) is 0.507. The number of carbonyl (C=O) groups excluding carboxylic acids is 1. The average molecular weight is 300 g/mol. The molecule has 1 aromatic rings. The lowest BCUT2D eigenvalue weighted by Crippen LogP contribution is -2.18. The van der Waals surface area contributed by atoms with Gasteiger partial charge in [-0.2, -0.15) is 5.26 Å². The molecule has 5 nitrogen and oxygen atoms in total. The molecular formula is C12H11Cl2N3O2. The largest absolute Gasteiger partial charge is 0.462 e. The molecule has 0 radical (unpaired) electrons. The van der Waals surface area contributed by atoms with Crippen LogP contribution >= 0.6 is 23.2 Å². The molecule has 100 valence electrons. The summed E-state index contributed by atoms with van der Waals surface area (Å²) in [5, 5.41) is 12.3. The molecule has 1 aromatic carbocycles. The van der Waals surface area contributed by atoms with Crippen molar-refractivity contribution in [3.63, 3.8) is 0 Å². The van der Waals surface area contributed by atoms with Crippen molar-refractivity contribution >= 4 is 34.9 Å². The van der Waals surface area contributed by atoms with Gasteiger partial charge in [0.05, 0.1) is 16.7 Å². The standard InChI is InChI=1S/C12H11Cl2N3O2/c1-2-19-12(18)8(6-15)11(16)17-7-3-4-9(13)10(14)5-7/h3-5,17H,2,16H2,1H3. The number of ether oxygens (including phenoxy) is 1. The molecule has 19 heavy (non-hydrogen) atoms. The van der Waals surface area contributed by atoms with Crippen LogP contribution in [0.2, 0.25) is 10.0 Å². The van der Waals surface area contributed by atoms with Gasteiger partial charge < -0.3 is 15.8 Å². The van der Waals surface area contributed by atoms with Gasteiger partial charge in [0.1, 0.15) is 11.9 Å². The van der Waals surface area contributed by atoms with Crippen LogP contribution in [0.5, 0.6) is 0 Å². The van der Waals surface area contributed by atoms with Crippen LogP contribution in [0.3, 0.4) is 0 Å². The van der Waals surface area contributed by atoms with Gasteiger partial charge in [0.25, 0.3) is 0 Å². The third-order valence-electron chi connectivity index (χ3n) is 2.06. The lowest BCUT2D eigenvalue weighted by molar-refractivity contribution is -0.138. The molecule has 0 aliphatic heterocycles. The van der Waals surface area contributed by atoms with E-state index in [0.717, 1.165) is 0 Å². The Labute approximate surface area is 120 Å². The van der Waals surface area contributed by atoms with Crippen molar-refractivity contribution in [3.05, 3.63) is 39.6 Å². The first-order valence-electron chi connectivity index (χ1n) is 5.28. The van der Waals surface area contributed by atoms with E-state index >= 15 is 0 Å². The molecule has 1 rings (SSSR count). The van der Waals surface area contributed by atoms with Crippen molar-refractivity contribution in [1.29, 1.82) is 5.26 Å². The van der Waals surface area contributed by atoms with E-state index in [4.69, 9.17) is 38.9 Å². The number of nitrogens with zero attached hydrogens (tertiary/aromatic N) is 1. The monoisotopic (exact) mass is 299 g/mol. The fourth-order valence-electron chi connectivity index (χ4n) is 1.21. The van der Waals surface area contributed by atoms with Crippen molar-refractivity contribution in [3.8, 4) is 6.07 Å². The number of hydrogen-bond donors (Lipinski definition) is 2. The molecule has 0 aliphatic rings. The zero-order valence-electron chi connectivity index (χ0n) is 10.0. The van der Waals surface area contributed by atoms with Gasteiger partial charge in [-0.05, 0) is 25.1 Å². The normalized spacial score (nSPS) is 11.3. The Morgan fingerprint density at radius 2 is 2.16 bits per heavy atom. The SMILES string of the molecule is CCOC(=O)C(C#N)=C(N)Nc1ccc(Cl)c(Cl)c1. The summed E-state index contributed by atoms with van der Waals surface area (Å²) in [6.07, 6.45) is 0. The molecule has 7 heteroatoms. The average Bonchev–Trinajstić information content (AvgIpc) is 2.35. The van der Waals surface area contributed by atoms with Crippen LogP contribution in [0.15, 0.2) is 29.6 Å². The highest BCUT2D eigenvalue weighted by atomic mass is 35.5. The molecule has 0 aromatic heterocycles. The molecule has 0 heterocycles. The number of nitrogens with two attached hydrogens (primary N) is 1. The molecule has 0 saturated heterocycles. The van der Waals surface area contributed by atoms with E-state index in [9.17, 15) is 4.79 Å². The number of nitrogens with one attached hydrogen (secondary N) is 1. The zero-order chi connectivity index (χ0) is 14.4. The minimum absolute atomic E-state index is 0.112. The van der Waals surface area contributed by atoms with Gasteiger partial charge in [-0.1, -0.05) is 23.2 Å². The van der Waals surface area contributed by atoms with E-state index in [1.54, 1.807) is 25.1 Å². The number of hydrogen-bond acceptors (Lipinski definition) is 5. The minimum atomic E-state index is -0.782. The number of rotatable bonds is 4. The van der Waals surface area contributed by atoms with E-state index in [-0.39, 0.29) is 18.0 Å². The van der Waals surface area contributed by atoms with Gasteiger partial charge in [0.2, 0.25) is 0 Å². The molecule has 0 aliphatic carbocycles. The Kier molecular flexibility index (Phi) is 5.49. The highest BCUT2D eigenvalue weighted by Crippen LogP contribution is 2.25. The first kappa shape index (κ1) is 15.2. The second-order valence-corrected chi connectivity index (χ2v) is 4.19. The smallest absolute Gasteiger partial charge is 0.352 e. The van der Waals surface area contributed by atoms with Crippen molar-refractivity contribution in [1.82, 2.24) is 0 Å². The maximum absolute atomic E-state index is 11.5. The number of anilines is 1. The minimum Gasteiger partial charge on any atom is -0.462 e. The first-order valence-corrected chi connectivity index (χ1v) is 6.04.